The summed E-state index contributed by atoms with van der Waals surface area (Å²) >= 11 is 0. The maximum atomic E-state index is 13.1. The van der Waals surface area contributed by atoms with Crippen LogP contribution in [0.2, 0.25) is 0 Å². The van der Waals surface area contributed by atoms with Crippen LogP contribution >= 0.6 is 0 Å². The van der Waals surface area contributed by atoms with Crippen molar-refractivity contribution in [2.24, 2.45) is 0 Å². The van der Waals surface area contributed by atoms with Gasteiger partial charge >= 0.3 is 5.97 Å². The number of halogens is 2. The van der Waals surface area contributed by atoms with E-state index in [-0.39, 0.29) is 12.0 Å². The molecule has 0 aliphatic carbocycles. The van der Waals surface area contributed by atoms with Crippen molar-refractivity contribution < 1.29 is 18.7 Å². The SMILES string of the molecule is CC(CC(=O)O)c1cccc(F)c1F. The average Bonchev–Trinajstić information content (AvgIpc) is 2.08. The van der Waals surface area contributed by atoms with Gasteiger partial charge in [0.25, 0.3) is 0 Å². The minimum absolute atomic E-state index is 0.104. The number of hydrogen-bond donors (Lipinski definition) is 1. The summed E-state index contributed by atoms with van der Waals surface area (Å²) in [7, 11) is 0. The van der Waals surface area contributed by atoms with E-state index in [0.717, 1.165) is 6.07 Å². The van der Waals surface area contributed by atoms with Gasteiger partial charge in [-0.05, 0) is 17.5 Å². The van der Waals surface area contributed by atoms with Gasteiger partial charge in [0, 0.05) is 0 Å². The average molecular weight is 200 g/mol. The van der Waals surface area contributed by atoms with Crippen LogP contribution < -0.4 is 0 Å². The van der Waals surface area contributed by atoms with Crippen molar-refractivity contribution in [2.75, 3.05) is 0 Å². The van der Waals surface area contributed by atoms with E-state index in [0.29, 0.717) is 0 Å². The summed E-state index contributed by atoms with van der Waals surface area (Å²) in [5.41, 5.74) is 0.104. The molecule has 0 spiro atoms. The molecule has 0 radical (unpaired) electrons. The van der Waals surface area contributed by atoms with E-state index >= 15 is 0 Å². The minimum atomic E-state index is -1.03. The number of hydrogen-bond acceptors (Lipinski definition) is 1. The van der Waals surface area contributed by atoms with Crippen molar-refractivity contribution in [3.63, 3.8) is 0 Å². The molecular weight excluding hydrogens is 190 g/mol. The molecule has 0 aliphatic rings. The summed E-state index contributed by atoms with van der Waals surface area (Å²) in [6.07, 6.45) is -0.208. The van der Waals surface area contributed by atoms with Crippen LogP contribution in [0.1, 0.15) is 24.8 Å². The monoisotopic (exact) mass is 200 g/mol. The van der Waals surface area contributed by atoms with Gasteiger partial charge in [-0.2, -0.15) is 0 Å². The van der Waals surface area contributed by atoms with Crippen molar-refractivity contribution >= 4 is 5.97 Å². The van der Waals surface area contributed by atoms with Crippen LogP contribution in [0.3, 0.4) is 0 Å². The molecule has 0 aromatic heterocycles. The Morgan fingerprint density at radius 2 is 2.14 bits per heavy atom. The molecule has 2 nitrogen and oxygen atoms in total. The third-order valence-corrected chi connectivity index (χ3v) is 1.99. The molecule has 14 heavy (non-hydrogen) atoms. The number of rotatable bonds is 3. The van der Waals surface area contributed by atoms with Crippen LogP contribution in [0.25, 0.3) is 0 Å². The molecule has 0 heterocycles. The predicted molar refractivity (Wildman–Crippen MR) is 47.0 cm³/mol. The largest absolute Gasteiger partial charge is 0.481 e. The number of aliphatic carboxylic acids is 1. The summed E-state index contributed by atoms with van der Waals surface area (Å²) in [5.74, 6) is -3.45. The van der Waals surface area contributed by atoms with Crippen LogP contribution in [0.5, 0.6) is 0 Å². The smallest absolute Gasteiger partial charge is 0.303 e. The molecule has 76 valence electrons. The van der Waals surface area contributed by atoms with Crippen LogP contribution in [0.4, 0.5) is 8.78 Å². The second-order valence-electron chi connectivity index (χ2n) is 3.14. The van der Waals surface area contributed by atoms with Gasteiger partial charge in [0.2, 0.25) is 0 Å². The van der Waals surface area contributed by atoms with Gasteiger partial charge in [0.15, 0.2) is 11.6 Å². The van der Waals surface area contributed by atoms with Gasteiger partial charge in [0.05, 0.1) is 6.42 Å². The van der Waals surface area contributed by atoms with Gasteiger partial charge in [-0.25, -0.2) is 8.78 Å². The van der Waals surface area contributed by atoms with Crippen LogP contribution in [0.15, 0.2) is 18.2 Å². The standard InChI is InChI=1S/C10H10F2O2/c1-6(5-9(13)14)7-3-2-4-8(11)10(7)12/h2-4,6H,5H2,1H3,(H,13,14). The highest BCUT2D eigenvalue weighted by Gasteiger charge is 2.16. The lowest BCUT2D eigenvalue weighted by Crippen LogP contribution is -2.05. The zero-order chi connectivity index (χ0) is 10.7. The quantitative estimate of drug-likeness (QED) is 0.814. The summed E-state index contributed by atoms with van der Waals surface area (Å²) in [6.45, 7) is 1.55. The number of benzene rings is 1. The Kier molecular flexibility index (Phi) is 3.17. The molecule has 1 unspecified atom stereocenters. The van der Waals surface area contributed by atoms with Gasteiger partial charge in [-0.1, -0.05) is 19.1 Å². The van der Waals surface area contributed by atoms with E-state index in [1.807, 2.05) is 0 Å². The van der Waals surface area contributed by atoms with Crippen LogP contribution in [0, 0.1) is 11.6 Å². The molecule has 0 aliphatic heterocycles. The maximum absolute atomic E-state index is 13.1. The topological polar surface area (TPSA) is 37.3 Å². The normalized spacial score (nSPS) is 12.5. The van der Waals surface area contributed by atoms with Gasteiger partial charge in [-0.3, -0.25) is 4.79 Å². The van der Waals surface area contributed by atoms with Gasteiger partial charge < -0.3 is 5.11 Å². The molecule has 0 fully saturated rings. The Labute approximate surface area is 80.2 Å². The molecule has 1 N–H and O–H groups in total. The molecule has 0 saturated carbocycles. The van der Waals surface area contributed by atoms with Gasteiger partial charge in [0.1, 0.15) is 0 Å². The molecule has 1 aromatic rings. The second kappa shape index (κ2) is 4.17. The zero-order valence-corrected chi connectivity index (χ0v) is 7.63. The van der Waals surface area contributed by atoms with E-state index in [2.05, 4.69) is 0 Å². The summed E-state index contributed by atoms with van der Waals surface area (Å²) in [6, 6.07) is 3.77. The molecule has 1 aromatic carbocycles. The van der Waals surface area contributed by atoms with Crippen LogP contribution in [-0.4, -0.2) is 11.1 Å². The first-order valence-corrected chi connectivity index (χ1v) is 4.18. The molecule has 1 atom stereocenters. The highest BCUT2D eigenvalue weighted by molar-refractivity contribution is 5.67. The highest BCUT2D eigenvalue weighted by atomic mass is 19.2. The minimum Gasteiger partial charge on any atom is -0.481 e. The summed E-state index contributed by atoms with van der Waals surface area (Å²) in [4.78, 5) is 10.4. The van der Waals surface area contributed by atoms with Crippen molar-refractivity contribution in [2.45, 2.75) is 19.3 Å². The van der Waals surface area contributed by atoms with E-state index in [1.165, 1.54) is 12.1 Å². The second-order valence-corrected chi connectivity index (χ2v) is 3.14. The van der Waals surface area contributed by atoms with E-state index < -0.39 is 23.5 Å². The Bertz CT molecular complexity index is 350. The fourth-order valence-corrected chi connectivity index (χ4v) is 1.27. The third kappa shape index (κ3) is 2.28. The number of carbonyl (C=O) groups is 1. The fraction of sp³-hybridized carbons (Fsp3) is 0.300. The van der Waals surface area contributed by atoms with Gasteiger partial charge in [-0.15, -0.1) is 0 Å². The lowest BCUT2D eigenvalue weighted by Gasteiger charge is -2.10. The molecule has 4 heteroatoms. The molecule has 1 rings (SSSR count). The lowest BCUT2D eigenvalue weighted by atomic mass is 9.97. The summed E-state index contributed by atoms with van der Waals surface area (Å²) < 4.78 is 25.9. The molecule has 0 saturated heterocycles. The first-order valence-electron chi connectivity index (χ1n) is 4.18. The number of carboxylic acids is 1. The first-order chi connectivity index (χ1) is 6.52. The third-order valence-electron chi connectivity index (χ3n) is 1.99. The first kappa shape index (κ1) is 10.6. The highest BCUT2D eigenvalue weighted by Crippen LogP contribution is 2.23. The Hall–Kier alpha value is -1.45. The molecule has 0 amide bonds. The number of carboxylic acid groups (broad SMARTS) is 1. The zero-order valence-electron chi connectivity index (χ0n) is 7.63. The Morgan fingerprint density at radius 1 is 1.50 bits per heavy atom. The fourth-order valence-electron chi connectivity index (χ4n) is 1.27. The lowest BCUT2D eigenvalue weighted by molar-refractivity contribution is -0.137. The van der Waals surface area contributed by atoms with Crippen molar-refractivity contribution in [3.05, 3.63) is 35.4 Å². The van der Waals surface area contributed by atoms with E-state index in [1.54, 1.807) is 6.92 Å². The van der Waals surface area contributed by atoms with Crippen LogP contribution in [-0.2, 0) is 4.79 Å². The Morgan fingerprint density at radius 3 is 2.71 bits per heavy atom. The molecular formula is C10H10F2O2. The summed E-state index contributed by atoms with van der Waals surface area (Å²) in [5, 5.41) is 8.49. The van der Waals surface area contributed by atoms with E-state index in [9.17, 15) is 13.6 Å². The van der Waals surface area contributed by atoms with Crippen molar-refractivity contribution in [1.82, 2.24) is 0 Å². The van der Waals surface area contributed by atoms with Crippen molar-refractivity contribution in [3.8, 4) is 0 Å². The maximum Gasteiger partial charge on any atom is 0.303 e. The molecule has 0 bridgehead atoms. The van der Waals surface area contributed by atoms with E-state index in [4.69, 9.17) is 5.11 Å². The Balaban J connectivity index is 2.95. The van der Waals surface area contributed by atoms with Crippen molar-refractivity contribution in [1.29, 1.82) is 0 Å². The predicted octanol–water partition coefficient (Wildman–Crippen LogP) is 2.54.